The number of carbonyl (C=O) groups excluding carboxylic acids is 2. The number of hydrogen-bond acceptors (Lipinski definition) is 5. The van der Waals surface area contributed by atoms with Crippen LogP contribution in [0.5, 0.6) is 0 Å². The Kier molecular flexibility index (Phi) is 6.93. The molecule has 0 aromatic heterocycles. The number of fused-ring (bicyclic) bond motifs is 1. The predicted molar refractivity (Wildman–Crippen MR) is 122 cm³/mol. The number of piperidine rings is 1. The van der Waals surface area contributed by atoms with E-state index in [-0.39, 0.29) is 33.9 Å². The van der Waals surface area contributed by atoms with Crippen LogP contribution in [0.1, 0.15) is 58.3 Å². The van der Waals surface area contributed by atoms with Crippen molar-refractivity contribution in [3.8, 4) is 0 Å². The lowest BCUT2D eigenvalue weighted by atomic mass is 9.96. The Morgan fingerprint density at radius 2 is 1.77 bits per heavy atom. The van der Waals surface area contributed by atoms with Gasteiger partial charge in [-0.05, 0) is 50.8 Å². The number of sulfonamides is 1. The second kappa shape index (κ2) is 9.50. The highest BCUT2D eigenvalue weighted by Crippen LogP contribution is 2.37. The zero-order chi connectivity index (χ0) is 22.0. The van der Waals surface area contributed by atoms with Crippen LogP contribution in [0.4, 0.5) is 5.69 Å². The number of nitrogens with zero attached hydrogens (tertiary/aromatic N) is 1. The maximum atomic E-state index is 13.2. The molecule has 0 spiro atoms. The topological polar surface area (TPSA) is 95.6 Å². The maximum Gasteiger partial charge on any atom is 0.243 e. The summed E-state index contributed by atoms with van der Waals surface area (Å²) in [6.07, 6.45) is 7.98. The average molecular weight is 466 g/mol. The number of hydrogen-bond donors (Lipinski definition) is 2. The van der Waals surface area contributed by atoms with E-state index in [0.717, 1.165) is 17.7 Å². The van der Waals surface area contributed by atoms with Crippen molar-refractivity contribution < 1.29 is 18.0 Å². The first-order chi connectivity index (χ1) is 14.8. The Hall–Kier alpha value is -1.58. The van der Waals surface area contributed by atoms with Crippen molar-refractivity contribution in [3.05, 3.63) is 18.2 Å². The molecule has 0 bridgehead atoms. The third-order valence-corrected chi connectivity index (χ3v) is 9.62. The minimum absolute atomic E-state index is 0.0755. The molecule has 7 nitrogen and oxygen atoms in total. The van der Waals surface area contributed by atoms with Crippen LogP contribution in [0.2, 0.25) is 0 Å². The van der Waals surface area contributed by atoms with Crippen LogP contribution in [-0.4, -0.2) is 48.9 Å². The highest BCUT2D eigenvalue weighted by Gasteiger charge is 2.34. The molecule has 2 amide bonds. The van der Waals surface area contributed by atoms with Gasteiger partial charge in [-0.3, -0.25) is 9.59 Å². The Labute approximate surface area is 188 Å². The molecule has 1 aliphatic carbocycles. The second-order valence-corrected chi connectivity index (χ2v) is 12.1. The number of nitrogens with one attached hydrogen (secondary N) is 2. The van der Waals surface area contributed by atoms with Crippen LogP contribution >= 0.6 is 11.8 Å². The van der Waals surface area contributed by atoms with Crippen molar-refractivity contribution in [3.63, 3.8) is 0 Å². The first kappa shape index (κ1) is 22.6. The number of rotatable bonds is 4. The van der Waals surface area contributed by atoms with Crippen molar-refractivity contribution >= 4 is 39.3 Å². The molecular formula is C22H31N3O4S2. The normalized spacial score (nSPS) is 24.2. The third kappa shape index (κ3) is 5.09. The van der Waals surface area contributed by atoms with E-state index >= 15 is 0 Å². The van der Waals surface area contributed by atoms with Crippen molar-refractivity contribution in [2.24, 2.45) is 5.92 Å². The Morgan fingerprint density at radius 1 is 1.10 bits per heavy atom. The summed E-state index contributed by atoms with van der Waals surface area (Å²) in [4.78, 5) is 25.7. The summed E-state index contributed by atoms with van der Waals surface area (Å²) >= 11 is 1.43. The summed E-state index contributed by atoms with van der Waals surface area (Å²) in [7, 11) is -3.67. The number of anilines is 1. The third-order valence-electron chi connectivity index (χ3n) is 6.55. The van der Waals surface area contributed by atoms with Crippen molar-refractivity contribution in [1.82, 2.24) is 9.62 Å². The number of carbonyl (C=O) groups is 2. The smallest absolute Gasteiger partial charge is 0.243 e. The van der Waals surface area contributed by atoms with Gasteiger partial charge in [-0.25, -0.2) is 8.42 Å². The molecule has 31 heavy (non-hydrogen) atoms. The van der Waals surface area contributed by atoms with E-state index in [1.54, 1.807) is 18.2 Å². The average Bonchev–Trinajstić information content (AvgIpc) is 3.03. The fourth-order valence-electron chi connectivity index (χ4n) is 4.60. The fraction of sp³-hybridized carbons (Fsp3) is 0.636. The molecule has 3 aliphatic rings. The van der Waals surface area contributed by atoms with Crippen LogP contribution in [0.15, 0.2) is 28.0 Å². The second-order valence-electron chi connectivity index (χ2n) is 8.78. The highest BCUT2D eigenvalue weighted by molar-refractivity contribution is 8.01. The van der Waals surface area contributed by atoms with Crippen molar-refractivity contribution in [2.45, 2.75) is 79.4 Å². The molecule has 1 saturated carbocycles. The summed E-state index contributed by atoms with van der Waals surface area (Å²) in [6.45, 7) is 2.49. The van der Waals surface area contributed by atoms with Crippen LogP contribution in [0.25, 0.3) is 0 Å². The van der Waals surface area contributed by atoms with E-state index in [9.17, 15) is 18.0 Å². The van der Waals surface area contributed by atoms with Gasteiger partial charge in [0.1, 0.15) is 0 Å². The molecule has 1 saturated heterocycles. The Morgan fingerprint density at radius 3 is 2.45 bits per heavy atom. The number of thioether (sulfide) groups is 1. The lowest BCUT2D eigenvalue weighted by Crippen LogP contribution is -2.45. The first-order valence-electron chi connectivity index (χ1n) is 11.3. The quantitative estimate of drug-likeness (QED) is 0.665. The molecule has 2 heterocycles. The molecule has 9 heteroatoms. The minimum Gasteiger partial charge on any atom is -0.353 e. The maximum absolute atomic E-state index is 13.2. The summed E-state index contributed by atoms with van der Waals surface area (Å²) in [5.41, 5.74) is 0.548. The van der Waals surface area contributed by atoms with Gasteiger partial charge >= 0.3 is 0 Å². The fourth-order valence-corrected chi connectivity index (χ4v) is 7.03. The largest absolute Gasteiger partial charge is 0.353 e. The molecule has 1 aromatic rings. The summed E-state index contributed by atoms with van der Waals surface area (Å²) in [5, 5.41) is 5.80. The molecule has 2 fully saturated rings. The molecule has 0 unspecified atom stereocenters. The summed E-state index contributed by atoms with van der Waals surface area (Å²) in [5.74, 6) is -0.172. The van der Waals surface area contributed by atoms with E-state index in [1.165, 1.54) is 41.8 Å². The van der Waals surface area contributed by atoms with Crippen LogP contribution < -0.4 is 10.6 Å². The van der Waals surface area contributed by atoms with E-state index < -0.39 is 10.0 Å². The standard InChI is InChI=1S/C22H31N3O4S2/c1-15-21(26)24-19-14-18(8-9-20(19)30-15)31(28,29)25-12-10-16(11-13-25)22(27)23-17-6-4-2-3-5-7-17/h8-9,14-17H,2-7,10-13H2,1H3,(H,23,27)(H,24,26)/t15-/m0/s1. The van der Waals surface area contributed by atoms with Gasteiger partial charge in [-0.15, -0.1) is 11.8 Å². The monoisotopic (exact) mass is 465 g/mol. The van der Waals surface area contributed by atoms with E-state index in [1.807, 2.05) is 6.92 Å². The van der Waals surface area contributed by atoms with Gasteiger partial charge in [0, 0.05) is 29.9 Å². The number of amides is 2. The van der Waals surface area contributed by atoms with E-state index in [0.29, 0.717) is 31.6 Å². The summed E-state index contributed by atoms with van der Waals surface area (Å²) in [6, 6.07) is 5.18. The van der Waals surface area contributed by atoms with Gasteiger partial charge in [0.25, 0.3) is 0 Å². The predicted octanol–water partition coefficient (Wildman–Crippen LogP) is 3.36. The Balaban J connectivity index is 1.37. The lowest BCUT2D eigenvalue weighted by molar-refractivity contribution is -0.127. The van der Waals surface area contributed by atoms with Gasteiger partial charge < -0.3 is 10.6 Å². The van der Waals surface area contributed by atoms with Crippen LogP contribution in [-0.2, 0) is 19.6 Å². The SMILES string of the molecule is C[C@@H]1Sc2ccc(S(=O)(=O)N3CCC(C(=O)NC4CCCCCC4)CC3)cc2NC1=O. The minimum atomic E-state index is -3.67. The van der Waals surface area contributed by atoms with Gasteiger partial charge in [-0.2, -0.15) is 4.31 Å². The molecule has 2 aliphatic heterocycles. The number of benzene rings is 1. The Bertz CT molecular complexity index is 934. The lowest BCUT2D eigenvalue weighted by Gasteiger charge is -2.31. The zero-order valence-electron chi connectivity index (χ0n) is 17.9. The molecular weight excluding hydrogens is 434 g/mol. The highest BCUT2D eigenvalue weighted by atomic mass is 32.2. The zero-order valence-corrected chi connectivity index (χ0v) is 19.6. The first-order valence-corrected chi connectivity index (χ1v) is 13.6. The molecule has 170 valence electrons. The molecule has 1 atom stereocenters. The summed E-state index contributed by atoms with van der Waals surface area (Å²) < 4.78 is 27.8. The molecule has 2 N–H and O–H groups in total. The van der Waals surface area contributed by atoms with E-state index in [2.05, 4.69) is 10.6 Å². The molecule has 1 aromatic carbocycles. The van der Waals surface area contributed by atoms with Gasteiger partial charge in [0.15, 0.2) is 0 Å². The van der Waals surface area contributed by atoms with Gasteiger partial charge in [0.2, 0.25) is 21.8 Å². The molecule has 0 radical (unpaired) electrons. The van der Waals surface area contributed by atoms with Crippen LogP contribution in [0, 0.1) is 5.92 Å². The van der Waals surface area contributed by atoms with E-state index in [4.69, 9.17) is 0 Å². The van der Waals surface area contributed by atoms with Gasteiger partial charge in [0.05, 0.1) is 15.8 Å². The van der Waals surface area contributed by atoms with Gasteiger partial charge in [-0.1, -0.05) is 25.7 Å². The van der Waals surface area contributed by atoms with Crippen LogP contribution in [0.3, 0.4) is 0 Å². The van der Waals surface area contributed by atoms with Crippen molar-refractivity contribution in [2.75, 3.05) is 18.4 Å². The molecule has 4 rings (SSSR count). The van der Waals surface area contributed by atoms with Crippen molar-refractivity contribution in [1.29, 1.82) is 0 Å².